The van der Waals surface area contributed by atoms with Gasteiger partial charge in [-0.25, -0.2) is 4.79 Å². The number of nitriles is 1. The Labute approximate surface area is 101 Å². The van der Waals surface area contributed by atoms with Crippen molar-refractivity contribution in [3.05, 3.63) is 28.6 Å². The number of hydrogen-bond donors (Lipinski definition) is 1. The van der Waals surface area contributed by atoms with Crippen molar-refractivity contribution in [1.29, 1.82) is 5.26 Å². The largest absolute Gasteiger partial charge is 0.477 e. The zero-order chi connectivity index (χ0) is 13.0. The van der Waals surface area contributed by atoms with E-state index in [0.717, 1.165) is 29.9 Å². The van der Waals surface area contributed by atoms with Gasteiger partial charge in [-0.15, -0.1) is 0 Å². The first-order valence-corrected chi connectivity index (χ1v) is 5.53. The van der Waals surface area contributed by atoms with E-state index in [4.69, 9.17) is 10.4 Å². The van der Waals surface area contributed by atoms with Crippen LogP contribution in [0.2, 0.25) is 0 Å². The van der Waals surface area contributed by atoms with E-state index in [1.165, 1.54) is 6.08 Å². The molecule has 1 aromatic heterocycles. The summed E-state index contributed by atoms with van der Waals surface area (Å²) in [6.45, 7) is 6.91. The summed E-state index contributed by atoms with van der Waals surface area (Å²) in [6.07, 6.45) is 2.44. The highest BCUT2D eigenvalue weighted by atomic mass is 16.4. The smallest absolute Gasteiger partial charge is 0.346 e. The maximum atomic E-state index is 10.8. The van der Waals surface area contributed by atoms with Crippen LogP contribution in [0, 0.1) is 25.2 Å². The van der Waals surface area contributed by atoms with E-state index in [0.29, 0.717) is 0 Å². The second-order valence-corrected chi connectivity index (χ2v) is 3.95. The lowest BCUT2D eigenvalue weighted by molar-refractivity contribution is -0.132. The molecule has 4 nitrogen and oxygen atoms in total. The van der Waals surface area contributed by atoms with Gasteiger partial charge in [-0.3, -0.25) is 0 Å². The van der Waals surface area contributed by atoms with Crippen molar-refractivity contribution in [2.75, 3.05) is 0 Å². The lowest BCUT2D eigenvalue weighted by Gasteiger charge is -2.06. The minimum Gasteiger partial charge on any atom is -0.477 e. The average molecular weight is 232 g/mol. The standard InChI is InChI=1S/C13H16N2O2/c1-4-5-15-9(2)6-11(10(15)3)7-12(8-14)13(16)17/h6-7H,4-5H2,1-3H3,(H,16,17)/b12-7+. The summed E-state index contributed by atoms with van der Waals surface area (Å²) in [4.78, 5) is 10.8. The number of carboxylic acid groups (broad SMARTS) is 1. The van der Waals surface area contributed by atoms with Gasteiger partial charge in [0.2, 0.25) is 0 Å². The molecule has 0 atom stereocenters. The van der Waals surface area contributed by atoms with Crippen LogP contribution < -0.4 is 0 Å². The molecule has 1 heterocycles. The lowest BCUT2D eigenvalue weighted by atomic mass is 10.1. The van der Waals surface area contributed by atoms with Crippen molar-refractivity contribution in [2.24, 2.45) is 0 Å². The third-order valence-corrected chi connectivity index (χ3v) is 2.71. The predicted octanol–water partition coefficient (Wildman–Crippen LogP) is 2.51. The highest BCUT2D eigenvalue weighted by Gasteiger charge is 2.10. The molecule has 0 spiro atoms. The van der Waals surface area contributed by atoms with Gasteiger partial charge in [0.05, 0.1) is 0 Å². The quantitative estimate of drug-likeness (QED) is 0.640. The maximum absolute atomic E-state index is 10.8. The topological polar surface area (TPSA) is 66.0 Å². The van der Waals surface area contributed by atoms with Crippen molar-refractivity contribution in [3.8, 4) is 6.07 Å². The van der Waals surface area contributed by atoms with Crippen molar-refractivity contribution in [3.63, 3.8) is 0 Å². The van der Waals surface area contributed by atoms with E-state index in [-0.39, 0.29) is 5.57 Å². The molecule has 0 fully saturated rings. The van der Waals surface area contributed by atoms with Gasteiger partial charge >= 0.3 is 5.97 Å². The van der Waals surface area contributed by atoms with Crippen LogP contribution in [0.25, 0.3) is 6.08 Å². The molecule has 0 saturated heterocycles. The summed E-state index contributed by atoms with van der Waals surface area (Å²) in [6, 6.07) is 3.60. The van der Waals surface area contributed by atoms with Crippen LogP contribution in [-0.2, 0) is 11.3 Å². The zero-order valence-electron chi connectivity index (χ0n) is 10.3. The number of rotatable bonds is 4. The van der Waals surface area contributed by atoms with E-state index in [9.17, 15) is 4.79 Å². The first-order chi connectivity index (χ1) is 8.01. The first kappa shape index (κ1) is 13.0. The Morgan fingerprint density at radius 3 is 2.71 bits per heavy atom. The van der Waals surface area contributed by atoms with Gasteiger partial charge in [0.1, 0.15) is 11.6 Å². The van der Waals surface area contributed by atoms with Gasteiger partial charge in [-0.2, -0.15) is 5.26 Å². The Hall–Kier alpha value is -2.02. The maximum Gasteiger partial charge on any atom is 0.346 e. The fourth-order valence-corrected chi connectivity index (χ4v) is 1.84. The van der Waals surface area contributed by atoms with Crippen molar-refractivity contribution in [1.82, 2.24) is 4.57 Å². The van der Waals surface area contributed by atoms with Gasteiger partial charge in [0.25, 0.3) is 0 Å². The van der Waals surface area contributed by atoms with E-state index in [1.807, 2.05) is 19.9 Å². The fraction of sp³-hybridized carbons (Fsp3) is 0.385. The third-order valence-electron chi connectivity index (χ3n) is 2.71. The lowest BCUT2D eigenvalue weighted by Crippen LogP contribution is -2.01. The third kappa shape index (κ3) is 2.76. The molecule has 0 aromatic carbocycles. The Balaban J connectivity index is 3.21. The monoisotopic (exact) mass is 232 g/mol. The van der Waals surface area contributed by atoms with Crippen LogP contribution in [0.1, 0.15) is 30.3 Å². The Morgan fingerprint density at radius 2 is 2.24 bits per heavy atom. The molecule has 90 valence electrons. The molecule has 0 unspecified atom stereocenters. The number of aromatic nitrogens is 1. The van der Waals surface area contributed by atoms with Crippen LogP contribution in [0.15, 0.2) is 11.6 Å². The normalized spacial score (nSPS) is 11.3. The summed E-state index contributed by atoms with van der Waals surface area (Å²) in [7, 11) is 0. The van der Waals surface area contributed by atoms with Gasteiger partial charge in [0.15, 0.2) is 0 Å². The molecule has 0 saturated carbocycles. The number of hydrogen-bond acceptors (Lipinski definition) is 2. The van der Waals surface area contributed by atoms with Crippen molar-refractivity contribution in [2.45, 2.75) is 33.7 Å². The van der Waals surface area contributed by atoms with Crippen LogP contribution in [0.4, 0.5) is 0 Å². The summed E-state index contributed by atoms with van der Waals surface area (Å²) >= 11 is 0. The van der Waals surface area contributed by atoms with Crippen LogP contribution in [0.5, 0.6) is 0 Å². The molecule has 17 heavy (non-hydrogen) atoms. The number of aryl methyl sites for hydroxylation is 1. The molecule has 0 aliphatic rings. The van der Waals surface area contributed by atoms with E-state index in [1.54, 1.807) is 6.07 Å². The first-order valence-electron chi connectivity index (χ1n) is 5.53. The zero-order valence-corrected chi connectivity index (χ0v) is 10.3. The van der Waals surface area contributed by atoms with E-state index >= 15 is 0 Å². The predicted molar refractivity (Wildman–Crippen MR) is 65.4 cm³/mol. The van der Waals surface area contributed by atoms with Gasteiger partial charge in [-0.05, 0) is 38.0 Å². The average Bonchev–Trinajstić information content (AvgIpc) is 2.53. The molecule has 1 rings (SSSR count). The molecule has 0 bridgehead atoms. The molecule has 0 amide bonds. The molecule has 1 aromatic rings. The number of carboxylic acids is 1. The molecular weight excluding hydrogens is 216 g/mol. The molecular formula is C13H16N2O2. The summed E-state index contributed by atoms with van der Waals surface area (Å²) in [5, 5.41) is 17.5. The van der Waals surface area contributed by atoms with Crippen LogP contribution in [-0.4, -0.2) is 15.6 Å². The van der Waals surface area contributed by atoms with E-state index < -0.39 is 5.97 Å². The van der Waals surface area contributed by atoms with Crippen LogP contribution >= 0.6 is 0 Å². The van der Waals surface area contributed by atoms with Gasteiger partial charge < -0.3 is 9.67 Å². The highest BCUT2D eigenvalue weighted by molar-refractivity contribution is 5.96. The minimum absolute atomic E-state index is 0.234. The summed E-state index contributed by atoms with van der Waals surface area (Å²) in [5.74, 6) is -1.19. The second-order valence-electron chi connectivity index (χ2n) is 3.95. The second kappa shape index (κ2) is 5.35. The number of nitrogens with zero attached hydrogens (tertiary/aromatic N) is 2. The molecule has 0 aliphatic heterocycles. The van der Waals surface area contributed by atoms with E-state index in [2.05, 4.69) is 11.5 Å². The van der Waals surface area contributed by atoms with Crippen molar-refractivity contribution >= 4 is 12.0 Å². The number of carbonyl (C=O) groups is 1. The Bertz CT molecular complexity index is 504. The fourth-order valence-electron chi connectivity index (χ4n) is 1.84. The Morgan fingerprint density at radius 1 is 1.59 bits per heavy atom. The molecule has 0 aliphatic carbocycles. The Kier molecular flexibility index (Phi) is 4.11. The molecule has 1 N–H and O–H groups in total. The molecule has 0 radical (unpaired) electrons. The number of aliphatic carboxylic acids is 1. The van der Waals surface area contributed by atoms with Crippen molar-refractivity contribution < 1.29 is 9.90 Å². The van der Waals surface area contributed by atoms with Crippen LogP contribution in [0.3, 0.4) is 0 Å². The summed E-state index contributed by atoms with van der Waals surface area (Å²) < 4.78 is 2.13. The minimum atomic E-state index is -1.19. The summed E-state index contributed by atoms with van der Waals surface area (Å²) in [5.41, 5.74) is 2.65. The van der Waals surface area contributed by atoms with Gasteiger partial charge in [-0.1, -0.05) is 6.92 Å². The van der Waals surface area contributed by atoms with Gasteiger partial charge in [0, 0.05) is 17.9 Å². The molecule has 4 heteroatoms. The SMILES string of the molecule is CCCn1c(C)cc(/C=C(\C#N)C(=O)O)c1C. The highest BCUT2D eigenvalue weighted by Crippen LogP contribution is 2.18.